The van der Waals surface area contributed by atoms with Gasteiger partial charge in [0.1, 0.15) is 11.7 Å². The fourth-order valence-electron chi connectivity index (χ4n) is 4.50. The quantitative estimate of drug-likeness (QED) is 0.563. The molecule has 0 aromatic heterocycles. The summed E-state index contributed by atoms with van der Waals surface area (Å²) in [5.74, 6) is 0.589. The predicted molar refractivity (Wildman–Crippen MR) is 121 cm³/mol. The van der Waals surface area contributed by atoms with Crippen molar-refractivity contribution in [2.45, 2.75) is 76.4 Å². The van der Waals surface area contributed by atoms with Crippen molar-refractivity contribution in [3.63, 3.8) is 0 Å². The van der Waals surface area contributed by atoms with Crippen LogP contribution in [-0.4, -0.2) is 84.7 Å². The van der Waals surface area contributed by atoms with Crippen LogP contribution in [-0.2, 0) is 14.2 Å². The van der Waals surface area contributed by atoms with Crippen molar-refractivity contribution < 1.29 is 19.0 Å². The van der Waals surface area contributed by atoms with Crippen LogP contribution in [0.4, 0.5) is 4.79 Å². The van der Waals surface area contributed by atoms with Crippen molar-refractivity contribution >= 4 is 36.0 Å². The van der Waals surface area contributed by atoms with Gasteiger partial charge in [-0.05, 0) is 33.6 Å². The maximum absolute atomic E-state index is 12.3. The van der Waals surface area contributed by atoms with Crippen molar-refractivity contribution in [2.24, 2.45) is 4.99 Å². The Morgan fingerprint density at radius 1 is 1.28 bits per heavy atom. The highest BCUT2D eigenvalue weighted by atomic mass is 127. The first kappa shape index (κ1) is 22.9. The minimum Gasteiger partial charge on any atom is -0.444 e. The second-order valence-corrected chi connectivity index (χ2v) is 9.34. The summed E-state index contributed by atoms with van der Waals surface area (Å²) < 4.78 is 17.8. The fraction of sp³-hybridized carbons (Fsp3) is 0.900. The van der Waals surface area contributed by atoms with Crippen LogP contribution < -0.4 is 5.32 Å². The Balaban J connectivity index is 0.00000240. The molecule has 3 heterocycles. The van der Waals surface area contributed by atoms with Crippen LogP contribution >= 0.6 is 24.0 Å². The first-order valence-corrected chi connectivity index (χ1v) is 10.7. The van der Waals surface area contributed by atoms with Gasteiger partial charge in [-0.1, -0.05) is 6.42 Å². The number of halogens is 1. The number of piperazine rings is 1. The molecule has 0 aromatic carbocycles. The smallest absolute Gasteiger partial charge is 0.410 e. The summed E-state index contributed by atoms with van der Waals surface area (Å²) in [4.78, 5) is 21.1. The summed E-state index contributed by atoms with van der Waals surface area (Å²) in [6.07, 6.45) is 5.53. The Kier molecular flexibility index (Phi) is 7.20. The maximum Gasteiger partial charge on any atom is 0.410 e. The molecular weight excluding hydrogens is 487 g/mol. The Labute approximate surface area is 190 Å². The lowest BCUT2D eigenvalue weighted by Crippen LogP contribution is -2.58. The van der Waals surface area contributed by atoms with Gasteiger partial charge in [0.15, 0.2) is 11.7 Å². The number of nitrogens with one attached hydrogen (secondary N) is 1. The third-order valence-electron chi connectivity index (χ3n) is 5.88. The summed E-state index contributed by atoms with van der Waals surface area (Å²) in [6, 6.07) is 0.217. The number of amides is 1. The van der Waals surface area contributed by atoms with Gasteiger partial charge in [-0.2, -0.15) is 0 Å². The van der Waals surface area contributed by atoms with Crippen LogP contribution in [0.1, 0.15) is 52.9 Å². The van der Waals surface area contributed by atoms with Crippen LogP contribution in [0.2, 0.25) is 0 Å². The number of aliphatic imine (C=N–C) groups is 1. The number of ether oxygens (including phenoxy) is 3. The number of guanidine groups is 1. The number of carbonyl (C=O) groups excluding carboxylic acids is 1. The minimum absolute atomic E-state index is 0. The SMILES string of the molecule is CC(C)(C)OC(=O)N1CCN2C(NCC3COC4(CCCCC4)O3)=NCC2C1.I. The Morgan fingerprint density at radius 3 is 2.76 bits per heavy atom. The van der Waals surface area contributed by atoms with Crippen molar-refractivity contribution in [1.29, 1.82) is 0 Å². The Hall–Kier alpha value is -0.810. The monoisotopic (exact) mass is 522 g/mol. The zero-order valence-corrected chi connectivity index (χ0v) is 20.1. The molecule has 2 unspecified atom stereocenters. The molecule has 3 aliphatic heterocycles. The number of nitrogens with zero attached hydrogens (tertiary/aromatic N) is 3. The summed E-state index contributed by atoms with van der Waals surface area (Å²) in [5.41, 5.74) is -0.466. The molecule has 4 rings (SSSR count). The van der Waals surface area contributed by atoms with Gasteiger partial charge in [0.25, 0.3) is 0 Å². The van der Waals surface area contributed by atoms with Gasteiger partial charge in [0.2, 0.25) is 0 Å². The number of hydrogen-bond acceptors (Lipinski definition) is 7. The van der Waals surface area contributed by atoms with Gasteiger partial charge in [-0.3, -0.25) is 4.99 Å². The van der Waals surface area contributed by atoms with E-state index in [2.05, 4.69) is 15.2 Å². The predicted octanol–water partition coefficient (Wildman–Crippen LogP) is 2.56. The molecule has 8 nitrogen and oxygen atoms in total. The third-order valence-corrected chi connectivity index (χ3v) is 5.88. The molecule has 1 aliphatic carbocycles. The van der Waals surface area contributed by atoms with Gasteiger partial charge in [-0.15, -0.1) is 24.0 Å². The number of rotatable bonds is 2. The number of hydrogen-bond donors (Lipinski definition) is 1. The number of carbonyl (C=O) groups is 1. The third kappa shape index (κ3) is 5.46. The maximum atomic E-state index is 12.3. The molecule has 0 bridgehead atoms. The van der Waals surface area contributed by atoms with Crippen LogP contribution in [0.25, 0.3) is 0 Å². The van der Waals surface area contributed by atoms with E-state index in [1.807, 2.05) is 20.8 Å². The highest BCUT2D eigenvalue weighted by Crippen LogP contribution is 2.37. The molecule has 1 N–H and O–H groups in total. The van der Waals surface area contributed by atoms with E-state index in [0.717, 1.165) is 25.3 Å². The lowest BCUT2D eigenvalue weighted by Gasteiger charge is -2.39. The van der Waals surface area contributed by atoms with Crippen molar-refractivity contribution in [2.75, 3.05) is 39.3 Å². The van der Waals surface area contributed by atoms with Crippen LogP contribution in [0.5, 0.6) is 0 Å². The van der Waals surface area contributed by atoms with Gasteiger partial charge in [0, 0.05) is 39.0 Å². The molecule has 2 saturated heterocycles. The van der Waals surface area contributed by atoms with E-state index in [-0.39, 0.29) is 48.0 Å². The van der Waals surface area contributed by atoms with E-state index in [0.29, 0.717) is 32.8 Å². The molecule has 9 heteroatoms. The summed E-state index contributed by atoms with van der Waals surface area (Å²) in [6.45, 7) is 9.81. The summed E-state index contributed by atoms with van der Waals surface area (Å²) in [5, 5.41) is 3.46. The van der Waals surface area contributed by atoms with Gasteiger partial charge < -0.3 is 29.3 Å². The van der Waals surface area contributed by atoms with E-state index in [1.54, 1.807) is 4.90 Å². The molecule has 1 amide bonds. The van der Waals surface area contributed by atoms with Gasteiger partial charge in [0.05, 0.1) is 19.2 Å². The molecule has 3 fully saturated rings. The van der Waals surface area contributed by atoms with Crippen LogP contribution in [0, 0.1) is 0 Å². The minimum atomic E-state index is -0.466. The standard InChI is InChI=1S/C20H34N4O4.HI/c1-19(2,3)28-18(25)23-9-10-24-15(13-23)11-21-17(24)22-12-16-14-26-20(27-16)7-5-4-6-8-20;/h15-16H,4-14H2,1-3H3,(H,21,22);1H. The average molecular weight is 522 g/mol. The molecular formula is C20H35IN4O4. The van der Waals surface area contributed by atoms with Crippen molar-refractivity contribution in [3.05, 3.63) is 0 Å². The topological polar surface area (TPSA) is 75.6 Å². The van der Waals surface area contributed by atoms with E-state index in [1.165, 1.54) is 19.3 Å². The molecule has 4 aliphatic rings. The van der Waals surface area contributed by atoms with E-state index in [9.17, 15) is 4.79 Å². The first-order valence-electron chi connectivity index (χ1n) is 10.7. The summed E-state index contributed by atoms with van der Waals surface area (Å²) >= 11 is 0. The zero-order valence-electron chi connectivity index (χ0n) is 17.8. The molecule has 166 valence electrons. The van der Waals surface area contributed by atoms with Crippen LogP contribution in [0.15, 0.2) is 4.99 Å². The molecule has 2 atom stereocenters. The Bertz CT molecular complexity index is 618. The first-order chi connectivity index (χ1) is 13.3. The highest BCUT2D eigenvalue weighted by molar-refractivity contribution is 14.0. The van der Waals surface area contributed by atoms with Crippen molar-refractivity contribution in [1.82, 2.24) is 15.1 Å². The Morgan fingerprint density at radius 2 is 2.03 bits per heavy atom. The van der Waals surface area contributed by atoms with E-state index >= 15 is 0 Å². The molecule has 0 aromatic rings. The van der Waals surface area contributed by atoms with Crippen molar-refractivity contribution in [3.8, 4) is 0 Å². The molecule has 29 heavy (non-hydrogen) atoms. The summed E-state index contributed by atoms with van der Waals surface area (Å²) in [7, 11) is 0. The second-order valence-electron chi connectivity index (χ2n) is 9.34. The average Bonchev–Trinajstić information content (AvgIpc) is 3.23. The molecule has 0 radical (unpaired) electrons. The van der Waals surface area contributed by atoms with Gasteiger partial charge >= 0.3 is 6.09 Å². The number of fused-ring (bicyclic) bond motifs is 1. The molecule has 1 saturated carbocycles. The van der Waals surface area contributed by atoms with Gasteiger partial charge in [-0.25, -0.2) is 4.79 Å². The second kappa shape index (κ2) is 9.13. The highest BCUT2D eigenvalue weighted by Gasteiger charge is 2.42. The lowest BCUT2D eigenvalue weighted by molar-refractivity contribution is -0.186. The largest absolute Gasteiger partial charge is 0.444 e. The fourth-order valence-corrected chi connectivity index (χ4v) is 4.50. The molecule has 1 spiro atoms. The van der Waals surface area contributed by atoms with E-state index in [4.69, 9.17) is 14.2 Å². The lowest BCUT2D eigenvalue weighted by atomic mass is 9.94. The zero-order chi connectivity index (χ0) is 19.8. The normalized spacial score (nSPS) is 28.6. The van der Waals surface area contributed by atoms with E-state index < -0.39 is 5.60 Å². The van der Waals surface area contributed by atoms with Crippen LogP contribution in [0.3, 0.4) is 0 Å².